The number of aromatic nitrogens is 4. The standard InChI is InChI=1S/C18H9F5N4O2S2/c19-10-1-7(14(22)23)2-11(20)9(10)5-30-18-26-15-13(31-6-25-15)17(29)27(18)8-3-12(21)16(28)24-4-8/h1-4,6,14H,5H2,(H,24,28). The third-order valence-electron chi connectivity index (χ3n) is 4.20. The maximum Gasteiger partial charge on any atom is 0.284 e. The van der Waals surface area contributed by atoms with Crippen LogP contribution in [0.15, 0.2) is 44.7 Å². The molecule has 0 aliphatic rings. The van der Waals surface area contributed by atoms with Gasteiger partial charge in [0.1, 0.15) is 16.3 Å². The van der Waals surface area contributed by atoms with Crippen molar-refractivity contribution in [3.05, 3.63) is 79.2 Å². The lowest BCUT2D eigenvalue weighted by Gasteiger charge is -2.12. The van der Waals surface area contributed by atoms with Crippen LogP contribution in [0.4, 0.5) is 22.0 Å². The van der Waals surface area contributed by atoms with E-state index in [1.807, 2.05) is 0 Å². The molecule has 0 spiro atoms. The van der Waals surface area contributed by atoms with Crippen LogP contribution in [0.25, 0.3) is 16.0 Å². The van der Waals surface area contributed by atoms with Gasteiger partial charge in [-0.15, -0.1) is 11.3 Å². The molecule has 1 aromatic carbocycles. The van der Waals surface area contributed by atoms with Gasteiger partial charge in [0.15, 0.2) is 16.6 Å². The van der Waals surface area contributed by atoms with Crippen LogP contribution in [-0.2, 0) is 5.75 Å². The Hall–Kier alpha value is -3.06. The largest absolute Gasteiger partial charge is 0.324 e. The molecule has 0 aliphatic heterocycles. The Bertz CT molecular complexity index is 1390. The first-order chi connectivity index (χ1) is 14.8. The molecule has 4 aromatic rings. The summed E-state index contributed by atoms with van der Waals surface area (Å²) in [6.45, 7) is 0. The second-order valence-electron chi connectivity index (χ2n) is 6.13. The van der Waals surface area contributed by atoms with E-state index in [1.54, 1.807) is 0 Å². The van der Waals surface area contributed by atoms with Crippen LogP contribution in [0.5, 0.6) is 0 Å². The molecule has 4 rings (SSSR count). The summed E-state index contributed by atoms with van der Waals surface area (Å²) in [6.07, 6.45) is -1.95. The van der Waals surface area contributed by atoms with Gasteiger partial charge in [0.25, 0.3) is 17.5 Å². The molecule has 0 saturated carbocycles. The number of benzene rings is 1. The van der Waals surface area contributed by atoms with E-state index in [0.717, 1.165) is 28.2 Å². The number of thioether (sulfide) groups is 1. The number of hydrogen-bond donors (Lipinski definition) is 1. The van der Waals surface area contributed by atoms with Crippen molar-refractivity contribution in [2.75, 3.05) is 0 Å². The number of H-pyrrole nitrogens is 1. The molecule has 0 aliphatic carbocycles. The second-order valence-corrected chi connectivity index (χ2v) is 7.92. The molecule has 6 nitrogen and oxygen atoms in total. The van der Waals surface area contributed by atoms with Crippen molar-refractivity contribution in [2.24, 2.45) is 0 Å². The van der Waals surface area contributed by atoms with Crippen molar-refractivity contribution < 1.29 is 22.0 Å². The fourth-order valence-corrected chi connectivity index (χ4v) is 4.39. The van der Waals surface area contributed by atoms with Crippen molar-refractivity contribution in [2.45, 2.75) is 17.3 Å². The topological polar surface area (TPSA) is 80.6 Å². The van der Waals surface area contributed by atoms with E-state index < -0.39 is 51.9 Å². The highest BCUT2D eigenvalue weighted by atomic mass is 32.2. The van der Waals surface area contributed by atoms with Crippen molar-refractivity contribution in [1.82, 2.24) is 19.5 Å². The average molecular weight is 472 g/mol. The smallest absolute Gasteiger partial charge is 0.284 e. The Morgan fingerprint density at radius 1 is 1.10 bits per heavy atom. The monoisotopic (exact) mass is 472 g/mol. The van der Waals surface area contributed by atoms with E-state index in [9.17, 15) is 31.5 Å². The van der Waals surface area contributed by atoms with Gasteiger partial charge < -0.3 is 4.98 Å². The van der Waals surface area contributed by atoms with Crippen LogP contribution in [0.2, 0.25) is 0 Å². The molecule has 31 heavy (non-hydrogen) atoms. The molecule has 3 aromatic heterocycles. The number of thiazole rings is 1. The number of pyridine rings is 1. The maximum absolute atomic E-state index is 14.2. The van der Waals surface area contributed by atoms with Gasteiger partial charge in [-0.2, -0.15) is 0 Å². The van der Waals surface area contributed by atoms with Crippen LogP contribution in [-0.4, -0.2) is 19.5 Å². The van der Waals surface area contributed by atoms with E-state index in [2.05, 4.69) is 15.0 Å². The van der Waals surface area contributed by atoms with Crippen LogP contribution < -0.4 is 11.1 Å². The molecule has 13 heteroatoms. The predicted octanol–water partition coefficient (Wildman–Crippen LogP) is 4.18. The zero-order valence-electron chi connectivity index (χ0n) is 15.0. The highest BCUT2D eigenvalue weighted by Gasteiger charge is 2.20. The number of aromatic amines is 1. The summed E-state index contributed by atoms with van der Waals surface area (Å²) >= 11 is 1.70. The minimum Gasteiger partial charge on any atom is -0.324 e. The highest BCUT2D eigenvalue weighted by molar-refractivity contribution is 7.98. The summed E-state index contributed by atoms with van der Waals surface area (Å²) in [4.78, 5) is 34.5. The molecule has 0 unspecified atom stereocenters. The summed E-state index contributed by atoms with van der Waals surface area (Å²) < 4.78 is 68.8. The Morgan fingerprint density at radius 3 is 2.45 bits per heavy atom. The molecular formula is C18H9F5N4O2S2. The van der Waals surface area contributed by atoms with Crippen molar-refractivity contribution in [1.29, 1.82) is 0 Å². The quantitative estimate of drug-likeness (QED) is 0.268. The van der Waals surface area contributed by atoms with Crippen LogP contribution >= 0.6 is 23.1 Å². The first-order valence-electron chi connectivity index (χ1n) is 8.40. The van der Waals surface area contributed by atoms with Gasteiger partial charge in [0, 0.05) is 29.1 Å². The Kier molecular flexibility index (Phi) is 5.62. The summed E-state index contributed by atoms with van der Waals surface area (Å²) in [5.74, 6) is -3.91. The van der Waals surface area contributed by atoms with Crippen LogP contribution in [0.3, 0.4) is 0 Å². The van der Waals surface area contributed by atoms with Crippen molar-refractivity contribution >= 4 is 33.4 Å². The first-order valence-corrected chi connectivity index (χ1v) is 10.3. The molecule has 0 amide bonds. The molecular weight excluding hydrogens is 463 g/mol. The molecule has 0 fully saturated rings. The number of hydrogen-bond acceptors (Lipinski definition) is 6. The fourth-order valence-electron chi connectivity index (χ4n) is 2.72. The number of halogens is 5. The first kappa shape index (κ1) is 21.2. The Balaban J connectivity index is 1.80. The van der Waals surface area contributed by atoms with E-state index in [4.69, 9.17) is 0 Å². The van der Waals surface area contributed by atoms with Gasteiger partial charge in [-0.3, -0.25) is 14.2 Å². The van der Waals surface area contributed by atoms with E-state index in [0.29, 0.717) is 23.9 Å². The number of nitrogens with zero attached hydrogens (tertiary/aromatic N) is 3. The summed E-state index contributed by atoms with van der Waals surface area (Å²) in [5.41, 5.74) is -1.55. The molecule has 3 heterocycles. The Morgan fingerprint density at radius 2 is 1.81 bits per heavy atom. The summed E-state index contributed by atoms with van der Waals surface area (Å²) in [7, 11) is 0. The van der Waals surface area contributed by atoms with Gasteiger partial charge in [-0.25, -0.2) is 31.9 Å². The number of nitrogens with one attached hydrogen (secondary N) is 1. The zero-order chi connectivity index (χ0) is 22.3. The lowest BCUT2D eigenvalue weighted by Crippen LogP contribution is -2.23. The fraction of sp³-hybridized carbons (Fsp3) is 0.111. The SMILES string of the molecule is O=c1[nH]cc(-n2c(SCc3c(F)cc(C(F)F)cc3F)nc3ncsc3c2=O)cc1F. The third kappa shape index (κ3) is 3.97. The molecule has 0 radical (unpaired) electrons. The van der Waals surface area contributed by atoms with Crippen LogP contribution in [0.1, 0.15) is 17.6 Å². The number of rotatable bonds is 5. The summed E-state index contributed by atoms with van der Waals surface area (Å²) in [6, 6.07) is 1.88. The maximum atomic E-state index is 14.2. The summed E-state index contributed by atoms with van der Waals surface area (Å²) in [5, 5.41) is -0.0911. The van der Waals surface area contributed by atoms with Gasteiger partial charge in [-0.1, -0.05) is 11.8 Å². The van der Waals surface area contributed by atoms with Gasteiger partial charge in [0.05, 0.1) is 11.2 Å². The highest BCUT2D eigenvalue weighted by Crippen LogP contribution is 2.29. The van der Waals surface area contributed by atoms with Gasteiger partial charge in [0.2, 0.25) is 0 Å². The lowest BCUT2D eigenvalue weighted by molar-refractivity contribution is 0.150. The van der Waals surface area contributed by atoms with Gasteiger partial charge >= 0.3 is 0 Å². The lowest BCUT2D eigenvalue weighted by atomic mass is 10.1. The second kappa shape index (κ2) is 8.23. The van der Waals surface area contributed by atoms with Gasteiger partial charge in [-0.05, 0) is 12.1 Å². The molecule has 160 valence electrons. The number of alkyl halides is 2. The molecule has 0 bridgehead atoms. The van der Waals surface area contributed by atoms with Crippen molar-refractivity contribution in [3.8, 4) is 5.69 Å². The average Bonchev–Trinajstić information content (AvgIpc) is 3.18. The molecule has 0 atom stereocenters. The van der Waals surface area contributed by atoms with E-state index >= 15 is 0 Å². The minimum absolute atomic E-state index is 0.0682. The van der Waals surface area contributed by atoms with Crippen LogP contribution in [0, 0.1) is 17.5 Å². The predicted molar refractivity (Wildman–Crippen MR) is 104 cm³/mol. The minimum atomic E-state index is -3.04. The zero-order valence-corrected chi connectivity index (χ0v) is 16.7. The molecule has 1 N–H and O–H groups in total. The van der Waals surface area contributed by atoms with E-state index in [-0.39, 0.29) is 21.2 Å². The van der Waals surface area contributed by atoms with E-state index in [1.165, 1.54) is 5.51 Å². The normalized spacial score (nSPS) is 11.5. The number of fused-ring (bicyclic) bond motifs is 1. The Labute approximate surface area is 177 Å². The molecule has 0 saturated heterocycles. The third-order valence-corrected chi connectivity index (χ3v) is 5.97. The van der Waals surface area contributed by atoms with Crippen molar-refractivity contribution in [3.63, 3.8) is 0 Å².